The van der Waals surface area contributed by atoms with Crippen molar-refractivity contribution in [1.29, 1.82) is 0 Å². The van der Waals surface area contributed by atoms with Crippen LogP contribution in [0.15, 0.2) is 48.5 Å². The van der Waals surface area contributed by atoms with Crippen LogP contribution in [-0.4, -0.2) is 6.61 Å². The second-order valence-corrected chi connectivity index (χ2v) is 5.51. The number of ether oxygens (including phenoxy) is 1. The molecule has 0 amide bonds. The molecular weight excluding hydrogens is 265 g/mol. The summed E-state index contributed by atoms with van der Waals surface area (Å²) in [6, 6.07) is 14.6. The minimum absolute atomic E-state index is 0.234. The predicted octanol–water partition coefficient (Wildman–Crippen LogP) is 4.86. The smallest absolute Gasteiger partial charge is 0.146 e. The van der Waals surface area contributed by atoms with Gasteiger partial charge in [0.15, 0.2) is 0 Å². The molecule has 0 aromatic heterocycles. The topological polar surface area (TPSA) is 21.3 Å². The van der Waals surface area contributed by atoms with E-state index in [1.807, 2.05) is 30.3 Å². The Morgan fingerprint density at radius 2 is 1.90 bits per heavy atom. The molecule has 0 aliphatic rings. The van der Waals surface area contributed by atoms with Crippen LogP contribution in [0.5, 0.6) is 5.75 Å². The van der Waals surface area contributed by atoms with Gasteiger partial charge >= 0.3 is 0 Å². The molecule has 1 N–H and O–H groups in total. The monoisotopic (exact) mass is 287 g/mol. The number of benzene rings is 2. The Morgan fingerprint density at radius 1 is 1.10 bits per heavy atom. The van der Waals surface area contributed by atoms with Crippen molar-refractivity contribution in [2.24, 2.45) is 5.92 Å². The van der Waals surface area contributed by atoms with Crippen LogP contribution in [0, 0.1) is 11.7 Å². The zero-order valence-electron chi connectivity index (χ0n) is 12.6. The minimum atomic E-state index is -0.234. The Labute approximate surface area is 126 Å². The molecule has 2 rings (SSSR count). The molecule has 0 heterocycles. The fourth-order valence-electron chi connectivity index (χ4n) is 1.96. The van der Waals surface area contributed by atoms with Crippen molar-refractivity contribution in [2.75, 3.05) is 11.9 Å². The summed E-state index contributed by atoms with van der Waals surface area (Å²) < 4.78 is 19.3. The molecular formula is C18H22FNO. The third kappa shape index (κ3) is 5.10. The fraction of sp³-hybridized carbons (Fsp3) is 0.333. The van der Waals surface area contributed by atoms with Gasteiger partial charge in [-0.2, -0.15) is 0 Å². The van der Waals surface area contributed by atoms with E-state index in [-0.39, 0.29) is 5.82 Å². The van der Waals surface area contributed by atoms with E-state index in [4.69, 9.17) is 4.74 Å². The summed E-state index contributed by atoms with van der Waals surface area (Å²) in [5, 5.41) is 3.10. The summed E-state index contributed by atoms with van der Waals surface area (Å²) in [5.74, 6) is 1.27. The lowest BCUT2D eigenvalue weighted by Crippen LogP contribution is -2.03. The van der Waals surface area contributed by atoms with E-state index in [1.54, 1.807) is 12.1 Å². The maximum absolute atomic E-state index is 13.5. The molecule has 0 aliphatic carbocycles. The maximum atomic E-state index is 13.5. The lowest BCUT2D eigenvalue weighted by atomic mass is 10.1. The summed E-state index contributed by atoms with van der Waals surface area (Å²) in [6.45, 7) is 5.65. The first-order valence-electron chi connectivity index (χ1n) is 7.35. The number of hydrogen-bond donors (Lipinski definition) is 1. The Hall–Kier alpha value is -2.03. The van der Waals surface area contributed by atoms with Crippen LogP contribution in [0.25, 0.3) is 0 Å². The van der Waals surface area contributed by atoms with Gasteiger partial charge in [0.05, 0.1) is 12.3 Å². The number of rotatable bonds is 7. The molecule has 0 saturated heterocycles. The number of para-hydroxylation sites is 1. The highest BCUT2D eigenvalue weighted by atomic mass is 19.1. The second kappa shape index (κ2) is 7.67. The third-order valence-electron chi connectivity index (χ3n) is 3.22. The quantitative estimate of drug-likeness (QED) is 0.785. The highest BCUT2D eigenvalue weighted by Gasteiger charge is 2.02. The average molecular weight is 287 g/mol. The molecule has 0 fully saturated rings. The Bertz CT molecular complexity index is 569. The van der Waals surface area contributed by atoms with Gasteiger partial charge in [0, 0.05) is 6.54 Å². The zero-order valence-corrected chi connectivity index (χ0v) is 12.6. The summed E-state index contributed by atoms with van der Waals surface area (Å²) in [4.78, 5) is 0. The molecule has 0 aliphatic heterocycles. The van der Waals surface area contributed by atoms with Crippen molar-refractivity contribution >= 4 is 5.69 Å². The maximum Gasteiger partial charge on any atom is 0.146 e. The standard InChI is InChI=1S/C18H22FNO/c1-14(2)10-11-21-16-7-5-6-15(12-16)13-20-18-9-4-3-8-17(18)19/h3-9,12,14,20H,10-11,13H2,1-2H3. The summed E-state index contributed by atoms with van der Waals surface area (Å²) in [6.07, 6.45) is 1.04. The van der Waals surface area contributed by atoms with E-state index in [0.29, 0.717) is 18.2 Å². The number of nitrogens with one attached hydrogen (secondary N) is 1. The van der Waals surface area contributed by atoms with Crippen LogP contribution in [0.4, 0.5) is 10.1 Å². The first-order valence-corrected chi connectivity index (χ1v) is 7.35. The Morgan fingerprint density at radius 3 is 2.67 bits per heavy atom. The van der Waals surface area contributed by atoms with Gasteiger partial charge in [-0.15, -0.1) is 0 Å². The number of anilines is 1. The van der Waals surface area contributed by atoms with Crippen molar-refractivity contribution in [3.05, 3.63) is 59.9 Å². The molecule has 2 nitrogen and oxygen atoms in total. The average Bonchev–Trinajstić information content (AvgIpc) is 2.46. The van der Waals surface area contributed by atoms with Crippen LogP contribution in [-0.2, 0) is 6.54 Å². The van der Waals surface area contributed by atoms with E-state index in [0.717, 1.165) is 24.3 Å². The van der Waals surface area contributed by atoms with Gasteiger partial charge in [-0.05, 0) is 42.2 Å². The van der Waals surface area contributed by atoms with E-state index >= 15 is 0 Å². The Balaban J connectivity index is 1.90. The van der Waals surface area contributed by atoms with Crippen LogP contribution < -0.4 is 10.1 Å². The SMILES string of the molecule is CC(C)CCOc1cccc(CNc2ccccc2F)c1. The molecule has 0 unspecified atom stereocenters. The van der Waals surface area contributed by atoms with Crippen molar-refractivity contribution in [3.8, 4) is 5.75 Å². The van der Waals surface area contributed by atoms with E-state index in [2.05, 4.69) is 19.2 Å². The van der Waals surface area contributed by atoms with Gasteiger partial charge in [-0.3, -0.25) is 0 Å². The molecule has 0 bridgehead atoms. The largest absolute Gasteiger partial charge is 0.494 e. The molecule has 0 atom stereocenters. The summed E-state index contributed by atoms with van der Waals surface area (Å²) in [5.41, 5.74) is 1.59. The molecule has 0 saturated carbocycles. The summed E-state index contributed by atoms with van der Waals surface area (Å²) in [7, 11) is 0. The van der Waals surface area contributed by atoms with E-state index < -0.39 is 0 Å². The highest BCUT2D eigenvalue weighted by Crippen LogP contribution is 2.17. The molecule has 3 heteroatoms. The predicted molar refractivity (Wildman–Crippen MR) is 85.1 cm³/mol. The van der Waals surface area contributed by atoms with Gasteiger partial charge in [-0.25, -0.2) is 4.39 Å². The summed E-state index contributed by atoms with van der Waals surface area (Å²) >= 11 is 0. The molecule has 21 heavy (non-hydrogen) atoms. The molecule has 2 aromatic rings. The first-order chi connectivity index (χ1) is 10.1. The normalized spacial score (nSPS) is 10.7. The van der Waals surface area contributed by atoms with Gasteiger partial charge in [0.25, 0.3) is 0 Å². The lowest BCUT2D eigenvalue weighted by molar-refractivity contribution is 0.289. The highest BCUT2D eigenvalue weighted by molar-refractivity contribution is 5.45. The Kier molecular flexibility index (Phi) is 5.61. The van der Waals surface area contributed by atoms with Gasteiger partial charge in [0.2, 0.25) is 0 Å². The third-order valence-corrected chi connectivity index (χ3v) is 3.22. The number of hydrogen-bond acceptors (Lipinski definition) is 2. The molecule has 2 aromatic carbocycles. The van der Waals surface area contributed by atoms with Crippen molar-refractivity contribution in [1.82, 2.24) is 0 Å². The first kappa shape index (κ1) is 15.4. The van der Waals surface area contributed by atoms with Gasteiger partial charge in [-0.1, -0.05) is 38.1 Å². The molecule has 112 valence electrons. The van der Waals surface area contributed by atoms with Crippen molar-refractivity contribution < 1.29 is 9.13 Å². The van der Waals surface area contributed by atoms with E-state index in [9.17, 15) is 4.39 Å². The number of halogens is 1. The lowest BCUT2D eigenvalue weighted by Gasteiger charge is -2.11. The second-order valence-electron chi connectivity index (χ2n) is 5.51. The van der Waals surface area contributed by atoms with Crippen LogP contribution in [0.2, 0.25) is 0 Å². The van der Waals surface area contributed by atoms with Crippen LogP contribution >= 0.6 is 0 Å². The van der Waals surface area contributed by atoms with Crippen LogP contribution in [0.3, 0.4) is 0 Å². The van der Waals surface area contributed by atoms with E-state index in [1.165, 1.54) is 6.07 Å². The van der Waals surface area contributed by atoms with Crippen molar-refractivity contribution in [3.63, 3.8) is 0 Å². The van der Waals surface area contributed by atoms with Crippen LogP contribution in [0.1, 0.15) is 25.8 Å². The fourth-order valence-corrected chi connectivity index (χ4v) is 1.96. The molecule has 0 spiro atoms. The minimum Gasteiger partial charge on any atom is -0.494 e. The zero-order chi connectivity index (χ0) is 15.1. The van der Waals surface area contributed by atoms with Gasteiger partial charge in [0.1, 0.15) is 11.6 Å². The van der Waals surface area contributed by atoms with Crippen molar-refractivity contribution in [2.45, 2.75) is 26.8 Å². The van der Waals surface area contributed by atoms with Gasteiger partial charge < -0.3 is 10.1 Å². The molecule has 0 radical (unpaired) electrons.